The van der Waals surface area contributed by atoms with Crippen LogP contribution in [0.5, 0.6) is 0 Å². The molecule has 2 aromatic rings. The van der Waals surface area contributed by atoms with Gasteiger partial charge in [-0.05, 0) is 41.6 Å². The van der Waals surface area contributed by atoms with Crippen molar-refractivity contribution in [3.8, 4) is 0 Å². The zero-order valence-electron chi connectivity index (χ0n) is 13.9. The molecule has 25 heavy (non-hydrogen) atoms. The highest BCUT2D eigenvalue weighted by molar-refractivity contribution is 5.89. The highest BCUT2D eigenvalue weighted by Gasteiger charge is 2.37. The first-order valence-corrected chi connectivity index (χ1v) is 8.67. The Labute approximate surface area is 146 Å². The maximum atomic E-state index is 10.9. The van der Waals surface area contributed by atoms with Crippen LogP contribution in [-0.2, 0) is 0 Å². The fourth-order valence-electron chi connectivity index (χ4n) is 3.97. The van der Waals surface area contributed by atoms with Crippen molar-refractivity contribution in [1.82, 2.24) is 0 Å². The molecule has 0 amide bonds. The number of benzene rings is 2. The van der Waals surface area contributed by atoms with Gasteiger partial charge < -0.3 is 10.0 Å². The van der Waals surface area contributed by atoms with Crippen LogP contribution in [-0.4, -0.2) is 23.3 Å². The molecule has 2 aliphatic rings. The van der Waals surface area contributed by atoms with E-state index >= 15 is 0 Å². The molecule has 0 radical (unpaired) electrons. The van der Waals surface area contributed by atoms with Crippen molar-refractivity contribution in [2.24, 2.45) is 5.11 Å². The largest absolute Gasteiger partial charge is 0.391 e. The number of para-hydroxylation sites is 2. The Morgan fingerprint density at radius 3 is 2.16 bits per heavy atom. The van der Waals surface area contributed by atoms with Crippen molar-refractivity contribution in [2.75, 3.05) is 4.90 Å². The molecule has 1 fully saturated rings. The molecule has 5 heteroatoms. The van der Waals surface area contributed by atoms with E-state index in [4.69, 9.17) is 5.53 Å². The first kappa shape index (κ1) is 15.8. The molecule has 2 aromatic carbocycles. The van der Waals surface area contributed by atoms with E-state index in [1.165, 1.54) is 0 Å². The number of nitrogens with zero attached hydrogens (tertiary/aromatic N) is 4. The van der Waals surface area contributed by atoms with Crippen LogP contribution in [0.3, 0.4) is 0 Å². The zero-order valence-corrected chi connectivity index (χ0v) is 13.9. The van der Waals surface area contributed by atoms with Crippen LogP contribution in [0.25, 0.3) is 22.6 Å². The van der Waals surface area contributed by atoms with E-state index in [1.807, 2.05) is 24.3 Å². The van der Waals surface area contributed by atoms with E-state index in [-0.39, 0.29) is 12.1 Å². The van der Waals surface area contributed by atoms with Crippen LogP contribution in [0.15, 0.2) is 53.6 Å². The van der Waals surface area contributed by atoms with Crippen molar-refractivity contribution in [3.63, 3.8) is 0 Å². The second-order valence-corrected chi connectivity index (χ2v) is 6.58. The van der Waals surface area contributed by atoms with E-state index < -0.39 is 6.10 Å². The third-order valence-electron chi connectivity index (χ3n) is 5.15. The summed E-state index contributed by atoms with van der Waals surface area (Å²) in [6.45, 7) is 0. The van der Waals surface area contributed by atoms with E-state index in [1.54, 1.807) is 0 Å². The zero-order chi connectivity index (χ0) is 17.2. The van der Waals surface area contributed by atoms with Gasteiger partial charge in [-0.2, -0.15) is 0 Å². The summed E-state index contributed by atoms with van der Waals surface area (Å²) in [5.74, 6) is 0. The summed E-state index contributed by atoms with van der Waals surface area (Å²) in [6, 6.07) is 16.0. The summed E-state index contributed by atoms with van der Waals surface area (Å²) in [5, 5.41) is 14.8. The van der Waals surface area contributed by atoms with Crippen molar-refractivity contribution in [3.05, 3.63) is 70.1 Å². The van der Waals surface area contributed by atoms with Gasteiger partial charge in [0.25, 0.3) is 0 Å². The molecule has 1 N–H and O–H groups in total. The Balaban J connectivity index is 1.85. The quantitative estimate of drug-likeness (QED) is 0.482. The summed E-state index contributed by atoms with van der Waals surface area (Å²) >= 11 is 0. The lowest BCUT2D eigenvalue weighted by Crippen LogP contribution is -2.49. The van der Waals surface area contributed by atoms with E-state index in [0.717, 1.165) is 41.8 Å². The number of hydrogen-bond donors (Lipinski definition) is 1. The Hall–Kier alpha value is -2.75. The van der Waals surface area contributed by atoms with Gasteiger partial charge in [-0.1, -0.05) is 60.1 Å². The van der Waals surface area contributed by atoms with Crippen LogP contribution in [0.1, 0.15) is 30.4 Å². The van der Waals surface area contributed by atoms with Gasteiger partial charge in [-0.25, -0.2) is 0 Å². The summed E-state index contributed by atoms with van der Waals surface area (Å²) in [4.78, 5) is 5.16. The minimum Gasteiger partial charge on any atom is -0.391 e. The first-order chi connectivity index (χ1) is 12.3. The molecule has 0 saturated heterocycles. The first-order valence-electron chi connectivity index (χ1n) is 8.67. The second kappa shape index (κ2) is 6.63. The van der Waals surface area contributed by atoms with Gasteiger partial charge in [0.15, 0.2) is 0 Å². The minimum absolute atomic E-state index is 0.119. The van der Waals surface area contributed by atoms with Crippen LogP contribution >= 0.6 is 0 Å². The molecule has 3 atom stereocenters. The van der Waals surface area contributed by atoms with Gasteiger partial charge in [0.1, 0.15) is 0 Å². The highest BCUT2D eigenvalue weighted by atomic mass is 16.3. The van der Waals surface area contributed by atoms with Crippen molar-refractivity contribution in [1.29, 1.82) is 0 Å². The molecule has 0 spiro atoms. The van der Waals surface area contributed by atoms with Gasteiger partial charge in [0.2, 0.25) is 0 Å². The van der Waals surface area contributed by atoms with Gasteiger partial charge in [-0.3, -0.25) is 0 Å². The van der Waals surface area contributed by atoms with E-state index in [0.29, 0.717) is 0 Å². The van der Waals surface area contributed by atoms with Crippen molar-refractivity contribution in [2.45, 2.75) is 37.5 Å². The van der Waals surface area contributed by atoms with Gasteiger partial charge in [-0.15, -0.1) is 0 Å². The Bertz CT molecular complexity index is 807. The molecule has 5 nitrogen and oxygen atoms in total. The molecule has 1 saturated carbocycles. The number of anilines is 2. The Morgan fingerprint density at radius 1 is 0.960 bits per heavy atom. The van der Waals surface area contributed by atoms with Gasteiger partial charge in [0.05, 0.1) is 18.2 Å². The Kier molecular flexibility index (Phi) is 4.18. The Morgan fingerprint density at radius 2 is 1.56 bits per heavy atom. The molecule has 1 heterocycles. The highest BCUT2D eigenvalue weighted by Crippen LogP contribution is 2.41. The van der Waals surface area contributed by atoms with Crippen LogP contribution in [0.4, 0.5) is 11.4 Å². The van der Waals surface area contributed by atoms with Crippen LogP contribution in [0.2, 0.25) is 0 Å². The maximum absolute atomic E-state index is 10.9. The van der Waals surface area contributed by atoms with E-state index in [2.05, 4.69) is 51.3 Å². The SMILES string of the molecule is [N-]=[N+]=NC1CCCC(N2c3ccccc3C=Cc3ccccc32)C1O. The number of aliphatic hydroxyl groups excluding tert-OH is 1. The second-order valence-electron chi connectivity index (χ2n) is 6.58. The summed E-state index contributed by atoms with van der Waals surface area (Å²) in [5.41, 5.74) is 13.2. The number of fused-ring (bicyclic) bond motifs is 2. The van der Waals surface area contributed by atoms with Crippen LogP contribution in [0, 0.1) is 0 Å². The summed E-state index contributed by atoms with van der Waals surface area (Å²) in [6.07, 6.45) is 6.07. The molecule has 3 unspecified atom stereocenters. The molecule has 1 aliphatic carbocycles. The molecular weight excluding hydrogens is 312 g/mol. The monoisotopic (exact) mass is 332 g/mol. The molecular formula is C20H20N4O. The van der Waals surface area contributed by atoms with Crippen LogP contribution < -0.4 is 4.90 Å². The molecule has 0 aromatic heterocycles. The number of azide groups is 1. The smallest absolute Gasteiger partial charge is 0.0832 e. The normalized spacial score (nSPS) is 24.7. The third-order valence-corrected chi connectivity index (χ3v) is 5.15. The lowest BCUT2D eigenvalue weighted by Gasteiger charge is -2.42. The number of rotatable bonds is 2. The van der Waals surface area contributed by atoms with Crippen molar-refractivity contribution < 1.29 is 5.11 Å². The topological polar surface area (TPSA) is 72.2 Å². The number of hydrogen-bond acceptors (Lipinski definition) is 3. The maximum Gasteiger partial charge on any atom is 0.0832 e. The summed E-state index contributed by atoms with van der Waals surface area (Å²) < 4.78 is 0. The minimum atomic E-state index is -0.691. The fraction of sp³-hybridized carbons (Fsp3) is 0.300. The average molecular weight is 332 g/mol. The summed E-state index contributed by atoms with van der Waals surface area (Å²) in [7, 11) is 0. The lowest BCUT2D eigenvalue weighted by molar-refractivity contribution is 0.0879. The standard InChI is InChI=1S/C20H20N4O/c21-23-22-16-8-5-11-19(20(16)25)24-17-9-3-1-6-14(17)12-13-15-7-2-4-10-18(15)24/h1-4,6-7,9-10,12-13,16,19-20,25H,5,8,11H2. The number of aliphatic hydroxyl groups is 1. The lowest BCUT2D eigenvalue weighted by atomic mass is 9.86. The molecule has 0 bridgehead atoms. The fourth-order valence-corrected chi connectivity index (χ4v) is 3.97. The predicted molar refractivity (Wildman–Crippen MR) is 101 cm³/mol. The average Bonchev–Trinajstić information content (AvgIpc) is 2.81. The molecule has 4 rings (SSSR count). The van der Waals surface area contributed by atoms with Gasteiger partial charge >= 0.3 is 0 Å². The molecule has 1 aliphatic heterocycles. The predicted octanol–water partition coefficient (Wildman–Crippen LogP) is 4.90. The third kappa shape index (κ3) is 2.78. The van der Waals surface area contributed by atoms with E-state index in [9.17, 15) is 5.11 Å². The van der Waals surface area contributed by atoms with Gasteiger partial charge in [0, 0.05) is 16.3 Å². The van der Waals surface area contributed by atoms with Crippen molar-refractivity contribution >= 4 is 23.5 Å². The molecule has 126 valence electrons.